The molecule has 86 valence electrons. The number of nitrogens with zero attached hydrogens (tertiary/aromatic N) is 1. The van der Waals surface area contributed by atoms with Crippen LogP contribution in [0.1, 0.15) is 33.1 Å². The van der Waals surface area contributed by atoms with Gasteiger partial charge in [-0.1, -0.05) is 13.8 Å². The molecule has 0 N–H and O–H groups in total. The third kappa shape index (κ3) is 2.30. The number of hydrogen-bond donors (Lipinski definition) is 0. The third-order valence-corrected chi connectivity index (χ3v) is 4.39. The van der Waals surface area contributed by atoms with Crippen molar-refractivity contribution in [1.29, 1.82) is 0 Å². The summed E-state index contributed by atoms with van der Waals surface area (Å²) in [6.07, 6.45) is 3.24. The van der Waals surface area contributed by atoms with Crippen molar-refractivity contribution in [2.75, 3.05) is 19.0 Å². The zero-order valence-corrected chi connectivity index (χ0v) is 10.4. The first-order valence-corrected chi connectivity index (χ1v) is 6.43. The molecule has 0 spiro atoms. The summed E-state index contributed by atoms with van der Waals surface area (Å²) in [6, 6.07) is 0. The summed E-state index contributed by atoms with van der Waals surface area (Å²) >= 11 is 5.82. The lowest BCUT2D eigenvalue weighted by Crippen LogP contribution is -2.40. The van der Waals surface area contributed by atoms with Crippen molar-refractivity contribution in [2.45, 2.75) is 33.1 Å². The molecule has 3 heteroatoms. The molecular weight excluding hydrogens is 210 g/mol. The quantitative estimate of drug-likeness (QED) is 0.667. The van der Waals surface area contributed by atoms with Gasteiger partial charge in [0.15, 0.2) is 0 Å². The Morgan fingerprint density at radius 2 is 1.93 bits per heavy atom. The highest BCUT2D eigenvalue weighted by Crippen LogP contribution is 2.52. The zero-order valence-electron chi connectivity index (χ0n) is 9.63. The molecule has 1 aliphatic heterocycles. The molecule has 1 aliphatic carbocycles. The maximum absolute atomic E-state index is 12.1. The lowest BCUT2D eigenvalue weighted by molar-refractivity contribution is -0.134. The lowest BCUT2D eigenvalue weighted by Gasteiger charge is -2.31. The molecule has 1 saturated carbocycles. The van der Waals surface area contributed by atoms with E-state index in [1.54, 1.807) is 0 Å². The van der Waals surface area contributed by atoms with E-state index < -0.39 is 0 Å². The van der Waals surface area contributed by atoms with Crippen LogP contribution in [-0.2, 0) is 4.79 Å². The minimum atomic E-state index is 0.264. The molecular formula is C12H20ClNO. The summed E-state index contributed by atoms with van der Waals surface area (Å²) in [5.74, 6) is 2.05. The second-order valence-corrected chi connectivity index (χ2v) is 5.98. The Bertz CT molecular complexity index is 256. The third-order valence-electron chi connectivity index (χ3n) is 3.96. The molecule has 1 amide bonds. The first kappa shape index (κ1) is 11.3. The Morgan fingerprint density at radius 1 is 1.40 bits per heavy atom. The van der Waals surface area contributed by atoms with Crippen molar-refractivity contribution in [3.8, 4) is 0 Å². The number of carbonyl (C=O) groups excluding carboxylic acids is 1. The van der Waals surface area contributed by atoms with Gasteiger partial charge < -0.3 is 4.90 Å². The van der Waals surface area contributed by atoms with Gasteiger partial charge in [-0.05, 0) is 30.6 Å². The summed E-state index contributed by atoms with van der Waals surface area (Å²) < 4.78 is 0. The van der Waals surface area contributed by atoms with Gasteiger partial charge in [-0.2, -0.15) is 0 Å². The number of halogens is 1. The van der Waals surface area contributed by atoms with E-state index in [1.165, 1.54) is 0 Å². The zero-order chi connectivity index (χ0) is 11.1. The molecule has 0 aromatic heterocycles. The van der Waals surface area contributed by atoms with Gasteiger partial charge in [-0.25, -0.2) is 0 Å². The monoisotopic (exact) mass is 229 g/mol. The van der Waals surface area contributed by atoms with Crippen LogP contribution in [0.2, 0.25) is 0 Å². The smallest absolute Gasteiger partial charge is 0.226 e. The fourth-order valence-electron chi connectivity index (χ4n) is 2.42. The summed E-state index contributed by atoms with van der Waals surface area (Å²) in [4.78, 5) is 14.1. The van der Waals surface area contributed by atoms with Crippen molar-refractivity contribution in [2.24, 2.45) is 17.3 Å². The number of likely N-dealkylation sites (tertiary alicyclic amines) is 1. The standard InChI is InChI=1S/C12H20ClNO/c1-12(2)7-10(12)11(15)14-5-3-9(8-13)4-6-14/h9-10H,3-8H2,1-2H3. The maximum atomic E-state index is 12.1. The molecule has 2 nitrogen and oxygen atoms in total. The topological polar surface area (TPSA) is 20.3 Å². The first-order chi connectivity index (χ1) is 7.04. The van der Waals surface area contributed by atoms with E-state index in [9.17, 15) is 4.79 Å². The number of rotatable bonds is 2. The summed E-state index contributed by atoms with van der Waals surface area (Å²) in [5.41, 5.74) is 0.264. The molecule has 0 bridgehead atoms. The van der Waals surface area contributed by atoms with Crippen LogP contribution in [-0.4, -0.2) is 29.8 Å². The second kappa shape index (κ2) is 3.97. The highest BCUT2D eigenvalue weighted by Gasteiger charge is 2.52. The normalized spacial score (nSPS) is 30.3. The average molecular weight is 230 g/mol. The van der Waals surface area contributed by atoms with Gasteiger partial charge >= 0.3 is 0 Å². The number of hydrogen-bond acceptors (Lipinski definition) is 1. The average Bonchev–Trinajstić information content (AvgIpc) is 2.87. The minimum absolute atomic E-state index is 0.264. The molecule has 15 heavy (non-hydrogen) atoms. The van der Waals surface area contributed by atoms with Crippen LogP contribution in [0, 0.1) is 17.3 Å². The SMILES string of the molecule is CC1(C)CC1C(=O)N1CCC(CCl)CC1. The predicted molar refractivity (Wildman–Crippen MR) is 61.9 cm³/mol. The van der Waals surface area contributed by atoms with Crippen molar-refractivity contribution in [1.82, 2.24) is 4.90 Å². The molecule has 1 saturated heterocycles. The Labute approximate surface area is 97.0 Å². The minimum Gasteiger partial charge on any atom is -0.342 e. The molecule has 1 atom stereocenters. The van der Waals surface area contributed by atoms with Crippen LogP contribution in [0.25, 0.3) is 0 Å². The molecule has 2 fully saturated rings. The molecule has 0 aromatic rings. The highest BCUT2D eigenvalue weighted by molar-refractivity contribution is 6.18. The van der Waals surface area contributed by atoms with Crippen molar-refractivity contribution in [3.63, 3.8) is 0 Å². The van der Waals surface area contributed by atoms with Gasteiger partial charge in [0.2, 0.25) is 5.91 Å². The Morgan fingerprint density at radius 3 is 2.33 bits per heavy atom. The molecule has 2 aliphatic rings. The van der Waals surface area contributed by atoms with Crippen molar-refractivity contribution < 1.29 is 4.79 Å². The second-order valence-electron chi connectivity index (χ2n) is 5.67. The fourth-order valence-corrected chi connectivity index (χ4v) is 2.73. The van der Waals surface area contributed by atoms with Gasteiger partial charge in [0.05, 0.1) is 0 Å². The summed E-state index contributed by atoms with van der Waals surface area (Å²) in [7, 11) is 0. The van der Waals surface area contributed by atoms with E-state index >= 15 is 0 Å². The van der Waals surface area contributed by atoms with E-state index in [-0.39, 0.29) is 5.41 Å². The van der Waals surface area contributed by atoms with Gasteiger partial charge in [0.1, 0.15) is 0 Å². The summed E-state index contributed by atoms with van der Waals surface area (Å²) in [6.45, 7) is 6.20. The number of carbonyl (C=O) groups is 1. The number of piperidine rings is 1. The molecule has 1 unspecified atom stereocenters. The molecule has 0 aromatic carbocycles. The van der Waals surface area contributed by atoms with E-state index in [0.717, 1.165) is 38.2 Å². The molecule has 2 rings (SSSR count). The van der Waals surface area contributed by atoms with Crippen molar-refractivity contribution >= 4 is 17.5 Å². The number of amides is 1. The van der Waals surface area contributed by atoms with Crippen LogP contribution in [0.4, 0.5) is 0 Å². The van der Waals surface area contributed by atoms with Crippen LogP contribution in [0.5, 0.6) is 0 Å². The summed E-state index contributed by atoms with van der Waals surface area (Å²) in [5, 5.41) is 0. The van der Waals surface area contributed by atoms with Crippen LogP contribution in [0.15, 0.2) is 0 Å². The highest BCUT2D eigenvalue weighted by atomic mass is 35.5. The Balaban J connectivity index is 1.84. The van der Waals surface area contributed by atoms with Crippen molar-refractivity contribution in [3.05, 3.63) is 0 Å². The van der Waals surface area contributed by atoms with Gasteiger partial charge in [0, 0.05) is 24.9 Å². The van der Waals surface area contributed by atoms with Crippen LogP contribution in [0.3, 0.4) is 0 Å². The van der Waals surface area contributed by atoms with E-state index in [1.807, 2.05) is 4.90 Å². The lowest BCUT2D eigenvalue weighted by atomic mass is 9.98. The largest absolute Gasteiger partial charge is 0.342 e. The number of alkyl halides is 1. The predicted octanol–water partition coefficient (Wildman–Crippen LogP) is 2.51. The molecule has 1 heterocycles. The van der Waals surface area contributed by atoms with Gasteiger partial charge in [0.25, 0.3) is 0 Å². The van der Waals surface area contributed by atoms with E-state index in [2.05, 4.69) is 13.8 Å². The van der Waals surface area contributed by atoms with Gasteiger partial charge in [-0.15, -0.1) is 11.6 Å². The Kier molecular flexibility index (Phi) is 2.98. The fraction of sp³-hybridized carbons (Fsp3) is 0.917. The Hall–Kier alpha value is -0.240. The first-order valence-electron chi connectivity index (χ1n) is 5.89. The van der Waals surface area contributed by atoms with E-state index in [4.69, 9.17) is 11.6 Å². The maximum Gasteiger partial charge on any atom is 0.226 e. The van der Waals surface area contributed by atoms with Crippen LogP contribution >= 0.6 is 11.6 Å². The van der Waals surface area contributed by atoms with Gasteiger partial charge in [-0.3, -0.25) is 4.79 Å². The molecule has 0 radical (unpaired) electrons. The van der Waals surface area contributed by atoms with E-state index in [0.29, 0.717) is 17.7 Å². The van der Waals surface area contributed by atoms with Crippen LogP contribution < -0.4 is 0 Å².